The third-order valence-corrected chi connectivity index (χ3v) is 3.57. The highest BCUT2D eigenvalue weighted by molar-refractivity contribution is 4.93. The molecular weight excluding hydrogens is 204 g/mol. The standard InChI is InChI=1S/C13H24.2C2H6/c1-11(2)12(3)9-10-13-7-5-4-6-8-13;2*1-2/h12-13H,1,4-10H2,2-3H3;2*1-2H3. The SMILES string of the molecule is C=C(C)C(C)CCC1CCCCC1.CC.CC. The Balaban J connectivity index is 0. The summed E-state index contributed by atoms with van der Waals surface area (Å²) < 4.78 is 0. The molecule has 17 heavy (non-hydrogen) atoms. The second kappa shape index (κ2) is 13.8. The summed E-state index contributed by atoms with van der Waals surface area (Å²) in [6.07, 6.45) is 10.2. The fraction of sp³-hybridized carbons (Fsp3) is 0.882. The quantitative estimate of drug-likeness (QED) is 0.485. The van der Waals surface area contributed by atoms with E-state index in [1.165, 1.54) is 50.5 Å². The van der Waals surface area contributed by atoms with E-state index in [2.05, 4.69) is 20.4 Å². The van der Waals surface area contributed by atoms with Gasteiger partial charge in [0.1, 0.15) is 0 Å². The lowest BCUT2D eigenvalue weighted by Gasteiger charge is -2.23. The molecule has 0 aromatic carbocycles. The molecule has 1 saturated carbocycles. The van der Waals surface area contributed by atoms with Crippen molar-refractivity contribution in [3.8, 4) is 0 Å². The monoisotopic (exact) mass is 240 g/mol. The van der Waals surface area contributed by atoms with Crippen LogP contribution in [0.2, 0.25) is 0 Å². The highest BCUT2D eigenvalue weighted by Crippen LogP contribution is 2.29. The zero-order valence-electron chi connectivity index (χ0n) is 13.3. The Morgan fingerprint density at radius 3 is 1.94 bits per heavy atom. The van der Waals surface area contributed by atoms with Crippen LogP contribution in [0.5, 0.6) is 0 Å². The molecule has 1 rings (SSSR count). The number of allylic oxidation sites excluding steroid dienone is 1. The van der Waals surface area contributed by atoms with Crippen molar-refractivity contribution in [3.63, 3.8) is 0 Å². The highest BCUT2D eigenvalue weighted by atomic mass is 14.2. The van der Waals surface area contributed by atoms with E-state index in [0.29, 0.717) is 0 Å². The van der Waals surface area contributed by atoms with Crippen LogP contribution in [-0.4, -0.2) is 0 Å². The van der Waals surface area contributed by atoms with E-state index < -0.39 is 0 Å². The first-order valence-electron chi connectivity index (χ1n) is 7.85. The minimum absolute atomic E-state index is 0.738. The first-order chi connectivity index (χ1) is 8.20. The molecule has 1 unspecified atom stereocenters. The van der Waals surface area contributed by atoms with Gasteiger partial charge in [0.15, 0.2) is 0 Å². The summed E-state index contributed by atoms with van der Waals surface area (Å²) in [5.41, 5.74) is 1.36. The van der Waals surface area contributed by atoms with Crippen molar-refractivity contribution in [2.75, 3.05) is 0 Å². The fourth-order valence-corrected chi connectivity index (χ4v) is 2.21. The Hall–Kier alpha value is -0.260. The van der Waals surface area contributed by atoms with Gasteiger partial charge in [0.2, 0.25) is 0 Å². The van der Waals surface area contributed by atoms with Crippen molar-refractivity contribution in [1.29, 1.82) is 0 Å². The average Bonchev–Trinajstić information content (AvgIpc) is 2.41. The van der Waals surface area contributed by atoms with Crippen LogP contribution >= 0.6 is 0 Å². The van der Waals surface area contributed by atoms with Gasteiger partial charge in [0.05, 0.1) is 0 Å². The molecule has 0 heterocycles. The van der Waals surface area contributed by atoms with E-state index in [9.17, 15) is 0 Å². The van der Waals surface area contributed by atoms with Gasteiger partial charge < -0.3 is 0 Å². The molecule has 1 aliphatic rings. The second-order valence-electron chi connectivity index (χ2n) is 4.83. The Labute approximate surface area is 111 Å². The van der Waals surface area contributed by atoms with Crippen molar-refractivity contribution in [2.24, 2.45) is 11.8 Å². The zero-order valence-corrected chi connectivity index (χ0v) is 13.3. The molecule has 0 amide bonds. The van der Waals surface area contributed by atoms with Gasteiger partial charge in [-0.25, -0.2) is 0 Å². The van der Waals surface area contributed by atoms with Crippen molar-refractivity contribution < 1.29 is 0 Å². The molecule has 0 radical (unpaired) electrons. The van der Waals surface area contributed by atoms with Crippen LogP contribution in [0.15, 0.2) is 12.2 Å². The van der Waals surface area contributed by atoms with Crippen molar-refractivity contribution in [3.05, 3.63) is 12.2 Å². The molecule has 0 aromatic rings. The summed E-state index contributed by atoms with van der Waals surface area (Å²) in [6, 6.07) is 0. The minimum atomic E-state index is 0.738. The van der Waals surface area contributed by atoms with Gasteiger partial charge in [0.25, 0.3) is 0 Å². The molecule has 0 aromatic heterocycles. The van der Waals surface area contributed by atoms with Gasteiger partial charge in [0, 0.05) is 0 Å². The number of hydrogen-bond donors (Lipinski definition) is 0. The van der Waals surface area contributed by atoms with Gasteiger partial charge in [-0.05, 0) is 31.6 Å². The molecule has 1 atom stereocenters. The molecule has 0 spiro atoms. The van der Waals surface area contributed by atoms with E-state index in [0.717, 1.165) is 11.8 Å². The van der Waals surface area contributed by atoms with E-state index in [1.807, 2.05) is 27.7 Å². The maximum Gasteiger partial charge on any atom is -0.0237 e. The summed E-state index contributed by atoms with van der Waals surface area (Å²) in [5, 5.41) is 0. The Kier molecular flexibility index (Phi) is 15.5. The van der Waals surface area contributed by atoms with Crippen molar-refractivity contribution >= 4 is 0 Å². The largest absolute Gasteiger partial charge is 0.0999 e. The lowest BCUT2D eigenvalue weighted by Crippen LogP contribution is -2.08. The van der Waals surface area contributed by atoms with Crippen LogP contribution in [0.25, 0.3) is 0 Å². The molecule has 0 heteroatoms. The maximum atomic E-state index is 4.02. The smallest absolute Gasteiger partial charge is 0.0237 e. The van der Waals surface area contributed by atoms with E-state index in [4.69, 9.17) is 0 Å². The molecule has 0 saturated heterocycles. The summed E-state index contributed by atoms with van der Waals surface area (Å²) in [4.78, 5) is 0. The maximum absolute atomic E-state index is 4.02. The molecule has 0 aliphatic heterocycles. The minimum Gasteiger partial charge on any atom is -0.0999 e. The third kappa shape index (κ3) is 10.6. The highest BCUT2D eigenvalue weighted by Gasteiger charge is 2.14. The van der Waals surface area contributed by atoms with Crippen molar-refractivity contribution in [2.45, 2.75) is 86.5 Å². The normalized spacial score (nSPS) is 17.1. The lowest BCUT2D eigenvalue weighted by molar-refractivity contribution is 0.320. The number of hydrogen-bond acceptors (Lipinski definition) is 0. The Morgan fingerprint density at radius 2 is 1.53 bits per heavy atom. The van der Waals surface area contributed by atoms with Crippen LogP contribution in [0.3, 0.4) is 0 Å². The Bertz CT molecular complexity index is 151. The van der Waals surface area contributed by atoms with E-state index >= 15 is 0 Å². The summed E-state index contributed by atoms with van der Waals surface area (Å²) in [5.74, 6) is 1.78. The van der Waals surface area contributed by atoms with Crippen LogP contribution in [-0.2, 0) is 0 Å². The van der Waals surface area contributed by atoms with Gasteiger partial charge in [-0.2, -0.15) is 0 Å². The van der Waals surface area contributed by atoms with Gasteiger partial charge in [-0.15, -0.1) is 0 Å². The van der Waals surface area contributed by atoms with Crippen LogP contribution in [0.4, 0.5) is 0 Å². The first-order valence-corrected chi connectivity index (χ1v) is 7.85. The topological polar surface area (TPSA) is 0 Å². The van der Waals surface area contributed by atoms with Crippen molar-refractivity contribution in [1.82, 2.24) is 0 Å². The number of rotatable bonds is 4. The molecule has 104 valence electrons. The van der Waals surface area contributed by atoms with Crippen LogP contribution < -0.4 is 0 Å². The summed E-state index contributed by atoms with van der Waals surface area (Å²) >= 11 is 0. The predicted octanol–water partition coefficient (Wildman–Crippen LogP) is 6.61. The lowest BCUT2D eigenvalue weighted by atomic mass is 9.83. The van der Waals surface area contributed by atoms with E-state index in [1.54, 1.807) is 0 Å². The molecule has 0 bridgehead atoms. The second-order valence-corrected chi connectivity index (χ2v) is 4.83. The zero-order chi connectivity index (χ0) is 13.7. The molecular formula is C17H36. The van der Waals surface area contributed by atoms with Gasteiger partial charge in [-0.1, -0.05) is 78.9 Å². The Morgan fingerprint density at radius 1 is 1.06 bits per heavy atom. The van der Waals surface area contributed by atoms with Crippen LogP contribution in [0, 0.1) is 11.8 Å². The first kappa shape index (κ1) is 19.1. The summed E-state index contributed by atoms with van der Waals surface area (Å²) in [6.45, 7) is 16.5. The van der Waals surface area contributed by atoms with E-state index in [-0.39, 0.29) is 0 Å². The fourth-order valence-electron chi connectivity index (χ4n) is 2.21. The molecule has 1 aliphatic carbocycles. The van der Waals surface area contributed by atoms with Gasteiger partial charge in [-0.3, -0.25) is 0 Å². The molecule has 0 nitrogen and oxygen atoms in total. The summed E-state index contributed by atoms with van der Waals surface area (Å²) in [7, 11) is 0. The molecule has 0 N–H and O–H groups in total. The van der Waals surface area contributed by atoms with Gasteiger partial charge >= 0.3 is 0 Å². The predicted molar refractivity (Wildman–Crippen MR) is 82.5 cm³/mol. The molecule has 1 fully saturated rings. The third-order valence-electron chi connectivity index (χ3n) is 3.57. The van der Waals surface area contributed by atoms with Crippen LogP contribution in [0.1, 0.15) is 86.5 Å². The average molecular weight is 240 g/mol.